The van der Waals surface area contributed by atoms with Crippen LogP contribution in [0, 0.1) is 18.8 Å². The minimum absolute atomic E-state index is 0.0312. The highest BCUT2D eigenvalue weighted by atomic mass is 32.1. The number of aryl methyl sites for hydroxylation is 1. The number of aromatic nitrogens is 2. The third-order valence-corrected chi connectivity index (χ3v) is 8.15. The van der Waals surface area contributed by atoms with Gasteiger partial charge in [0, 0.05) is 43.8 Å². The van der Waals surface area contributed by atoms with Crippen molar-refractivity contribution in [2.24, 2.45) is 11.8 Å². The van der Waals surface area contributed by atoms with Gasteiger partial charge in [-0.1, -0.05) is 58.0 Å². The summed E-state index contributed by atoms with van der Waals surface area (Å²) in [5.41, 5.74) is 1.34. The number of carbonyl (C=O) groups excluding carboxylic acids is 4. The standard InChI is InChI=1S/C31H40N6O5S/c1-18(2)25-30-34-23(17-43-30)27(39)32-13-15-37(31(41)19(3)4)14-9-12-24(38)33-22(16-21-10-7-6-8-11-21)29-36-26(20(5)42-29)28(40)35-25/h6-8,10-11,17-19,22,25H,9,12-16H2,1-5H3,(H,32,39)(H,33,38)(H,35,40)/t22-,25-/m0/s1. The fraction of sp³-hybridized carbons (Fsp3) is 0.484. The first-order valence-electron chi connectivity index (χ1n) is 14.7. The molecule has 1 aliphatic heterocycles. The molecule has 3 N–H and O–H groups in total. The number of fused-ring (bicyclic) bond motifs is 4. The SMILES string of the molecule is Cc1oc2nc1C(=O)N[C@@H](C(C)C)c1nc(cs1)C(=O)NCCN(C(=O)C(C)C)CCCC(=O)N[C@H]2Cc1ccccc1. The lowest BCUT2D eigenvalue weighted by Gasteiger charge is -2.25. The third-order valence-electron chi connectivity index (χ3n) is 7.22. The van der Waals surface area contributed by atoms with E-state index >= 15 is 0 Å². The van der Waals surface area contributed by atoms with E-state index in [-0.39, 0.29) is 59.8 Å². The summed E-state index contributed by atoms with van der Waals surface area (Å²) in [4.78, 5) is 63.1. The van der Waals surface area contributed by atoms with Gasteiger partial charge in [-0.05, 0) is 24.8 Å². The van der Waals surface area contributed by atoms with Gasteiger partial charge in [0.1, 0.15) is 22.5 Å². The second kappa shape index (κ2) is 14.4. The fourth-order valence-electron chi connectivity index (χ4n) is 4.87. The lowest BCUT2D eigenvalue weighted by atomic mass is 10.0. The van der Waals surface area contributed by atoms with E-state index in [4.69, 9.17) is 4.42 Å². The number of amides is 4. The molecule has 230 valence electrons. The molecule has 12 heteroatoms. The van der Waals surface area contributed by atoms with Crippen molar-refractivity contribution < 1.29 is 23.6 Å². The topological polar surface area (TPSA) is 147 Å². The number of carbonyl (C=O) groups is 4. The highest BCUT2D eigenvalue weighted by Crippen LogP contribution is 2.27. The van der Waals surface area contributed by atoms with E-state index in [1.165, 1.54) is 11.3 Å². The first-order valence-corrected chi connectivity index (χ1v) is 15.5. The van der Waals surface area contributed by atoms with Gasteiger partial charge in [0.05, 0.1) is 6.04 Å². The normalized spacial score (nSPS) is 19.1. The summed E-state index contributed by atoms with van der Waals surface area (Å²) in [5, 5.41) is 11.1. The lowest BCUT2D eigenvalue weighted by molar-refractivity contribution is -0.135. The van der Waals surface area contributed by atoms with Crippen molar-refractivity contribution in [2.75, 3.05) is 19.6 Å². The second-order valence-corrected chi connectivity index (χ2v) is 12.3. The molecule has 2 atom stereocenters. The van der Waals surface area contributed by atoms with E-state index < -0.39 is 18.0 Å². The van der Waals surface area contributed by atoms with Crippen LogP contribution in [-0.4, -0.2) is 58.1 Å². The number of hydrogen-bond donors (Lipinski definition) is 3. The molecule has 4 bridgehead atoms. The molecule has 2 aromatic heterocycles. The van der Waals surface area contributed by atoms with Gasteiger partial charge in [-0.2, -0.15) is 0 Å². The molecule has 4 rings (SSSR count). The van der Waals surface area contributed by atoms with Crippen molar-refractivity contribution in [1.29, 1.82) is 0 Å². The van der Waals surface area contributed by atoms with Crippen LogP contribution in [0.1, 0.15) is 95.8 Å². The number of benzene rings is 1. The van der Waals surface area contributed by atoms with Crippen LogP contribution in [0.2, 0.25) is 0 Å². The van der Waals surface area contributed by atoms with Crippen molar-refractivity contribution in [3.05, 3.63) is 69.3 Å². The van der Waals surface area contributed by atoms with Gasteiger partial charge in [-0.15, -0.1) is 11.3 Å². The third kappa shape index (κ3) is 8.28. The molecule has 4 amide bonds. The van der Waals surface area contributed by atoms with Gasteiger partial charge in [0.2, 0.25) is 17.7 Å². The minimum atomic E-state index is -0.605. The maximum Gasteiger partial charge on any atom is 0.274 e. The highest BCUT2D eigenvalue weighted by molar-refractivity contribution is 7.09. The maximum atomic E-state index is 13.4. The molecule has 0 radical (unpaired) electrons. The molecule has 0 aliphatic carbocycles. The molecular weight excluding hydrogens is 568 g/mol. The van der Waals surface area contributed by atoms with Crippen LogP contribution in [-0.2, 0) is 16.0 Å². The van der Waals surface area contributed by atoms with Crippen LogP contribution >= 0.6 is 11.3 Å². The molecule has 3 aromatic rings. The molecule has 0 fully saturated rings. The van der Waals surface area contributed by atoms with E-state index in [2.05, 4.69) is 25.9 Å². The van der Waals surface area contributed by atoms with Gasteiger partial charge in [-0.25, -0.2) is 9.97 Å². The van der Waals surface area contributed by atoms with E-state index in [9.17, 15) is 19.2 Å². The van der Waals surface area contributed by atoms with Crippen LogP contribution in [0.5, 0.6) is 0 Å². The Balaban J connectivity index is 1.66. The van der Waals surface area contributed by atoms with Gasteiger partial charge in [0.25, 0.3) is 11.8 Å². The van der Waals surface area contributed by atoms with Crippen molar-refractivity contribution in [3.8, 4) is 0 Å². The summed E-state index contributed by atoms with van der Waals surface area (Å²) in [5.74, 6) is -0.748. The molecule has 0 saturated carbocycles. The summed E-state index contributed by atoms with van der Waals surface area (Å²) in [6.45, 7) is 10.1. The van der Waals surface area contributed by atoms with Crippen LogP contribution in [0.3, 0.4) is 0 Å². The smallest absolute Gasteiger partial charge is 0.274 e. The van der Waals surface area contributed by atoms with Crippen molar-refractivity contribution in [2.45, 2.75) is 66.0 Å². The van der Waals surface area contributed by atoms with E-state index in [1.54, 1.807) is 17.2 Å². The van der Waals surface area contributed by atoms with Crippen LogP contribution in [0.4, 0.5) is 0 Å². The Bertz CT molecular complexity index is 1430. The average molecular weight is 609 g/mol. The summed E-state index contributed by atoms with van der Waals surface area (Å²) in [7, 11) is 0. The van der Waals surface area contributed by atoms with Gasteiger partial charge in [-0.3, -0.25) is 19.2 Å². The van der Waals surface area contributed by atoms with Gasteiger partial charge < -0.3 is 25.3 Å². The first kappa shape index (κ1) is 31.9. The highest BCUT2D eigenvalue weighted by Gasteiger charge is 2.29. The number of nitrogens with zero attached hydrogens (tertiary/aromatic N) is 3. The quantitative estimate of drug-likeness (QED) is 0.406. The zero-order chi connectivity index (χ0) is 31.1. The van der Waals surface area contributed by atoms with E-state index in [0.717, 1.165) is 5.56 Å². The molecule has 11 nitrogen and oxygen atoms in total. The van der Waals surface area contributed by atoms with Crippen molar-refractivity contribution >= 4 is 35.0 Å². The summed E-state index contributed by atoms with van der Waals surface area (Å²) >= 11 is 1.29. The monoisotopic (exact) mass is 608 g/mol. The molecule has 0 spiro atoms. The molecule has 43 heavy (non-hydrogen) atoms. The average Bonchev–Trinajstić information content (AvgIpc) is 3.61. The second-order valence-electron chi connectivity index (χ2n) is 11.4. The summed E-state index contributed by atoms with van der Waals surface area (Å²) in [6, 6.07) is 8.59. The molecule has 0 unspecified atom stereocenters. The predicted octanol–water partition coefficient (Wildman–Crippen LogP) is 3.97. The molecule has 3 heterocycles. The zero-order valence-electron chi connectivity index (χ0n) is 25.3. The Hall–Kier alpha value is -4.06. The van der Waals surface area contributed by atoms with Crippen LogP contribution in [0.15, 0.2) is 40.1 Å². The summed E-state index contributed by atoms with van der Waals surface area (Å²) in [6.07, 6.45) is 1.02. The Labute approximate surface area is 255 Å². The van der Waals surface area contributed by atoms with Crippen molar-refractivity contribution in [3.63, 3.8) is 0 Å². The number of hydrogen-bond acceptors (Lipinski definition) is 8. The lowest BCUT2D eigenvalue weighted by Crippen LogP contribution is -2.41. The molecule has 1 aromatic carbocycles. The van der Waals surface area contributed by atoms with E-state index in [1.807, 2.05) is 58.0 Å². The zero-order valence-corrected chi connectivity index (χ0v) is 26.1. The maximum absolute atomic E-state index is 13.4. The van der Waals surface area contributed by atoms with Gasteiger partial charge >= 0.3 is 0 Å². The van der Waals surface area contributed by atoms with E-state index in [0.29, 0.717) is 36.7 Å². The molecule has 0 saturated heterocycles. The molecule has 1 aliphatic rings. The van der Waals surface area contributed by atoms with Gasteiger partial charge in [0.15, 0.2) is 5.69 Å². The summed E-state index contributed by atoms with van der Waals surface area (Å²) < 4.78 is 5.98. The number of nitrogens with one attached hydrogen (secondary N) is 3. The predicted molar refractivity (Wildman–Crippen MR) is 162 cm³/mol. The Morgan fingerprint density at radius 2 is 1.79 bits per heavy atom. The Kier molecular flexibility index (Phi) is 10.7. The number of rotatable bonds is 4. The minimum Gasteiger partial charge on any atom is -0.443 e. The van der Waals surface area contributed by atoms with Crippen molar-refractivity contribution in [1.82, 2.24) is 30.8 Å². The van der Waals surface area contributed by atoms with Crippen LogP contribution < -0.4 is 16.0 Å². The first-order chi connectivity index (χ1) is 20.5. The fourth-order valence-corrected chi connectivity index (χ4v) is 5.89. The Morgan fingerprint density at radius 3 is 2.49 bits per heavy atom. The molecular formula is C31H40N6O5S. The number of thiazole rings is 1. The van der Waals surface area contributed by atoms with Crippen LogP contribution in [0.25, 0.3) is 0 Å². The Morgan fingerprint density at radius 1 is 1.05 bits per heavy atom. The largest absolute Gasteiger partial charge is 0.443 e. The number of oxazole rings is 1.